The van der Waals surface area contributed by atoms with E-state index < -0.39 is 0 Å². The lowest BCUT2D eigenvalue weighted by atomic mass is 10.1. The Morgan fingerprint density at radius 2 is 1.62 bits per heavy atom. The molecule has 16 heavy (non-hydrogen) atoms. The molecule has 0 spiro atoms. The van der Waals surface area contributed by atoms with Crippen LogP contribution in [0.25, 0.3) is 0 Å². The number of aliphatic hydroxyl groups excluding tert-OH is 1. The number of nitrogens with zero attached hydrogens (tertiary/aromatic N) is 2. The summed E-state index contributed by atoms with van der Waals surface area (Å²) in [6.45, 7) is 11.1. The molecular weight excluding hydrogens is 200 g/mol. The summed E-state index contributed by atoms with van der Waals surface area (Å²) in [7, 11) is 0. The van der Waals surface area contributed by atoms with Crippen LogP contribution in [-0.2, 0) is 0 Å². The number of aliphatic hydroxyl groups is 1. The van der Waals surface area contributed by atoms with Crippen molar-refractivity contribution >= 4 is 0 Å². The monoisotopic (exact) mass is 226 g/mol. The highest BCUT2D eigenvalue weighted by Gasteiger charge is 2.45. The second kappa shape index (κ2) is 4.63. The molecule has 2 heterocycles. The van der Waals surface area contributed by atoms with E-state index in [1.54, 1.807) is 0 Å². The molecule has 2 bridgehead atoms. The average Bonchev–Trinajstić information content (AvgIpc) is 2.74. The van der Waals surface area contributed by atoms with Crippen molar-refractivity contribution in [1.29, 1.82) is 0 Å². The van der Waals surface area contributed by atoms with E-state index in [1.807, 2.05) is 0 Å². The highest BCUT2D eigenvalue weighted by atomic mass is 16.3. The SMILES string of the molecule is CC(C)CC(O)N1CC2CC1CN2C(C)C. The van der Waals surface area contributed by atoms with Gasteiger partial charge >= 0.3 is 0 Å². The van der Waals surface area contributed by atoms with Crippen LogP contribution in [0.15, 0.2) is 0 Å². The Morgan fingerprint density at radius 1 is 1.06 bits per heavy atom. The summed E-state index contributed by atoms with van der Waals surface area (Å²) >= 11 is 0. The van der Waals surface area contributed by atoms with Crippen molar-refractivity contribution in [2.75, 3.05) is 13.1 Å². The molecule has 0 aromatic rings. The molecule has 1 N–H and O–H groups in total. The van der Waals surface area contributed by atoms with E-state index in [9.17, 15) is 5.11 Å². The van der Waals surface area contributed by atoms with E-state index in [2.05, 4.69) is 37.5 Å². The van der Waals surface area contributed by atoms with E-state index >= 15 is 0 Å². The van der Waals surface area contributed by atoms with Gasteiger partial charge in [-0.3, -0.25) is 9.80 Å². The molecule has 3 unspecified atom stereocenters. The summed E-state index contributed by atoms with van der Waals surface area (Å²) < 4.78 is 0. The fourth-order valence-electron chi connectivity index (χ4n) is 3.28. The predicted molar refractivity (Wildman–Crippen MR) is 66.2 cm³/mol. The summed E-state index contributed by atoms with van der Waals surface area (Å²) in [4.78, 5) is 4.91. The van der Waals surface area contributed by atoms with E-state index in [4.69, 9.17) is 0 Å². The van der Waals surface area contributed by atoms with Crippen LogP contribution in [0.2, 0.25) is 0 Å². The first-order valence-electron chi connectivity index (χ1n) is 6.68. The van der Waals surface area contributed by atoms with Gasteiger partial charge in [0, 0.05) is 31.2 Å². The lowest BCUT2D eigenvalue weighted by Gasteiger charge is -2.39. The van der Waals surface area contributed by atoms with Gasteiger partial charge in [0.1, 0.15) is 6.23 Å². The van der Waals surface area contributed by atoms with Gasteiger partial charge in [0.25, 0.3) is 0 Å². The first-order valence-corrected chi connectivity index (χ1v) is 6.68. The maximum atomic E-state index is 10.2. The predicted octanol–water partition coefficient (Wildman–Crippen LogP) is 1.52. The van der Waals surface area contributed by atoms with Crippen molar-refractivity contribution < 1.29 is 5.11 Å². The fraction of sp³-hybridized carbons (Fsp3) is 1.00. The Bertz CT molecular complexity index is 242. The molecule has 2 rings (SSSR count). The minimum Gasteiger partial charge on any atom is -0.378 e. The summed E-state index contributed by atoms with van der Waals surface area (Å²) in [6, 6.07) is 1.94. The maximum absolute atomic E-state index is 10.2. The molecule has 2 aliphatic rings. The second-order valence-electron chi connectivity index (χ2n) is 6.14. The van der Waals surface area contributed by atoms with Gasteiger partial charge in [-0.1, -0.05) is 13.8 Å². The first-order chi connectivity index (χ1) is 7.49. The molecular formula is C13H26N2O. The third kappa shape index (κ3) is 2.27. The van der Waals surface area contributed by atoms with Gasteiger partial charge in [0.15, 0.2) is 0 Å². The van der Waals surface area contributed by atoms with Crippen LogP contribution in [0.5, 0.6) is 0 Å². The van der Waals surface area contributed by atoms with Gasteiger partial charge in [-0.2, -0.15) is 0 Å². The van der Waals surface area contributed by atoms with Crippen LogP contribution < -0.4 is 0 Å². The van der Waals surface area contributed by atoms with Gasteiger partial charge in [-0.15, -0.1) is 0 Å². The van der Waals surface area contributed by atoms with Gasteiger partial charge in [-0.25, -0.2) is 0 Å². The lowest BCUT2D eigenvalue weighted by Crippen LogP contribution is -2.52. The van der Waals surface area contributed by atoms with E-state index in [0.29, 0.717) is 24.0 Å². The van der Waals surface area contributed by atoms with Crippen LogP contribution >= 0.6 is 0 Å². The second-order valence-corrected chi connectivity index (χ2v) is 6.14. The molecule has 0 aromatic heterocycles. The molecule has 3 heteroatoms. The molecule has 0 amide bonds. The number of likely N-dealkylation sites (tertiary alicyclic amines) is 2. The zero-order valence-corrected chi connectivity index (χ0v) is 11.1. The maximum Gasteiger partial charge on any atom is 0.107 e. The third-order valence-electron chi connectivity index (χ3n) is 4.05. The van der Waals surface area contributed by atoms with Crippen molar-refractivity contribution in [1.82, 2.24) is 9.80 Å². The Hall–Kier alpha value is -0.120. The van der Waals surface area contributed by atoms with Crippen LogP contribution in [0, 0.1) is 5.92 Å². The Kier molecular flexibility index (Phi) is 3.57. The van der Waals surface area contributed by atoms with Gasteiger partial charge < -0.3 is 5.11 Å². The van der Waals surface area contributed by atoms with Gasteiger partial charge in [0.2, 0.25) is 0 Å². The summed E-state index contributed by atoms with van der Waals surface area (Å²) in [5, 5.41) is 10.2. The van der Waals surface area contributed by atoms with Crippen molar-refractivity contribution in [3.8, 4) is 0 Å². The Morgan fingerprint density at radius 3 is 2.06 bits per heavy atom. The topological polar surface area (TPSA) is 26.7 Å². The normalized spacial score (nSPS) is 33.2. The third-order valence-corrected chi connectivity index (χ3v) is 4.05. The largest absolute Gasteiger partial charge is 0.378 e. The van der Waals surface area contributed by atoms with Crippen molar-refractivity contribution in [2.45, 2.75) is 64.9 Å². The molecule has 2 fully saturated rings. The Labute approximate surface area is 99.4 Å². The van der Waals surface area contributed by atoms with Gasteiger partial charge in [-0.05, 0) is 32.6 Å². The zero-order valence-electron chi connectivity index (χ0n) is 11.1. The van der Waals surface area contributed by atoms with Crippen LogP contribution in [0.4, 0.5) is 0 Å². The molecule has 3 nitrogen and oxygen atoms in total. The number of hydrogen-bond acceptors (Lipinski definition) is 3. The molecule has 0 aliphatic carbocycles. The molecule has 0 radical (unpaired) electrons. The summed E-state index contributed by atoms with van der Waals surface area (Å²) in [5.74, 6) is 0.579. The smallest absolute Gasteiger partial charge is 0.107 e. The van der Waals surface area contributed by atoms with Crippen LogP contribution in [-0.4, -0.2) is 52.3 Å². The van der Waals surface area contributed by atoms with Crippen molar-refractivity contribution in [2.24, 2.45) is 5.92 Å². The molecule has 0 aromatic carbocycles. The number of rotatable bonds is 4. The summed E-state index contributed by atoms with van der Waals surface area (Å²) in [6.07, 6.45) is 1.95. The van der Waals surface area contributed by atoms with Crippen LogP contribution in [0.3, 0.4) is 0 Å². The number of hydrogen-bond donors (Lipinski definition) is 1. The van der Waals surface area contributed by atoms with E-state index in [0.717, 1.165) is 19.5 Å². The molecule has 94 valence electrons. The lowest BCUT2D eigenvalue weighted by molar-refractivity contribution is -0.0447. The molecule has 0 saturated carbocycles. The first kappa shape index (κ1) is 12.3. The summed E-state index contributed by atoms with van der Waals surface area (Å²) in [5.41, 5.74) is 0. The quantitative estimate of drug-likeness (QED) is 0.787. The highest BCUT2D eigenvalue weighted by molar-refractivity contribution is 5.01. The van der Waals surface area contributed by atoms with E-state index in [-0.39, 0.29) is 6.23 Å². The molecule has 2 saturated heterocycles. The highest BCUT2D eigenvalue weighted by Crippen LogP contribution is 2.33. The van der Waals surface area contributed by atoms with Gasteiger partial charge in [0.05, 0.1) is 0 Å². The van der Waals surface area contributed by atoms with Crippen molar-refractivity contribution in [3.63, 3.8) is 0 Å². The van der Waals surface area contributed by atoms with Crippen LogP contribution in [0.1, 0.15) is 40.5 Å². The van der Waals surface area contributed by atoms with Crippen molar-refractivity contribution in [3.05, 3.63) is 0 Å². The fourth-order valence-corrected chi connectivity index (χ4v) is 3.28. The minimum absolute atomic E-state index is 0.218. The molecule has 2 aliphatic heterocycles. The molecule has 3 atom stereocenters. The van der Waals surface area contributed by atoms with E-state index in [1.165, 1.54) is 6.42 Å². The number of fused-ring (bicyclic) bond motifs is 2. The Balaban J connectivity index is 1.90. The average molecular weight is 226 g/mol. The zero-order chi connectivity index (χ0) is 11.9. The number of piperazine rings is 1. The minimum atomic E-state index is -0.218. The standard InChI is InChI=1S/C13H26N2O/c1-9(2)5-13(16)15-8-11-6-12(15)7-14(11)10(3)4/h9-13,16H,5-8H2,1-4H3.